The van der Waals surface area contributed by atoms with Gasteiger partial charge in [-0.25, -0.2) is 9.97 Å². The first-order chi connectivity index (χ1) is 19.4. The number of para-hydroxylation sites is 1. The van der Waals surface area contributed by atoms with E-state index in [-0.39, 0.29) is 6.04 Å². The molecule has 2 aliphatic rings. The molecule has 8 heteroatoms. The molecular weight excluding hydrogens is 539 g/mol. The second kappa shape index (κ2) is 12.0. The Morgan fingerprint density at radius 3 is 2.02 bits per heavy atom. The van der Waals surface area contributed by atoms with Gasteiger partial charge < -0.3 is 9.80 Å². The molecule has 6 rings (SSSR count). The fraction of sp³-hybridized carbons (Fsp3) is 0.375. The van der Waals surface area contributed by atoms with Gasteiger partial charge in [0.2, 0.25) is 0 Å². The van der Waals surface area contributed by atoms with Crippen molar-refractivity contribution in [2.24, 2.45) is 0 Å². The Balaban J connectivity index is 1.19. The topological polar surface area (TPSA) is 38.7 Å². The van der Waals surface area contributed by atoms with Gasteiger partial charge >= 0.3 is 0 Å². The van der Waals surface area contributed by atoms with Crippen molar-refractivity contribution < 1.29 is 0 Å². The zero-order chi connectivity index (χ0) is 27.6. The summed E-state index contributed by atoms with van der Waals surface area (Å²) in [6.45, 7) is 6.59. The lowest BCUT2D eigenvalue weighted by Gasteiger charge is -2.39. The van der Waals surface area contributed by atoms with Crippen molar-refractivity contribution in [3.05, 3.63) is 99.8 Å². The summed E-state index contributed by atoms with van der Waals surface area (Å²) in [6, 6.07) is 25.6. The highest BCUT2D eigenvalue weighted by molar-refractivity contribution is 6.30. The number of benzene rings is 3. The fourth-order valence-electron chi connectivity index (χ4n) is 6.06. The van der Waals surface area contributed by atoms with Gasteiger partial charge in [-0.1, -0.05) is 59.6 Å². The van der Waals surface area contributed by atoms with Crippen molar-refractivity contribution in [2.75, 3.05) is 58.3 Å². The average Bonchev–Trinajstić information content (AvgIpc) is 3.47. The van der Waals surface area contributed by atoms with Gasteiger partial charge in [-0.3, -0.25) is 9.80 Å². The molecule has 0 saturated carbocycles. The Morgan fingerprint density at radius 2 is 1.43 bits per heavy atom. The van der Waals surface area contributed by atoms with Crippen LogP contribution in [0.1, 0.15) is 29.4 Å². The summed E-state index contributed by atoms with van der Waals surface area (Å²) >= 11 is 12.4. The summed E-state index contributed by atoms with van der Waals surface area (Å²) in [7, 11) is 4.34. The maximum atomic E-state index is 6.22. The third-order valence-electron chi connectivity index (χ3n) is 8.33. The summed E-state index contributed by atoms with van der Waals surface area (Å²) < 4.78 is 0. The van der Waals surface area contributed by atoms with Gasteiger partial charge in [-0.05, 0) is 68.0 Å². The van der Waals surface area contributed by atoms with E-state index in [1.165, 1.54) is 11.1 Å². The van der Waals surface area contributed by atoms with E-state index in [1.807, 2.05) is 24.3 Å². The summed E-state index contributed by atoms with van der Waals surface area (Å²) in [4.78, 5) is 20.0. The van der Waals surface area contributed by atoms with E-state index < -0.39 is 0 Å². The molecule has 0 aliphatic carbocycles. The minimum atomic E-state index is 0.153. The van der Waals surface area contributed by atoms with Gasteiger partial charge in [0, 0.05) is 60.7 Å². The smallest absolute Gasteiger partial charge is 0.145 e. The molecule has 0 spiro atoms. The van der Waals surface area contributed by atoms with Crippen LogP contribution >= 0.6 is 23.2 Å². The number of anilines is 1. The van der Waals surface area contributed by atoms with Gasteiger partial charge in [0.15, 0.2) is 0 Å². The minimum absolute atomic E-state index is 0.153. The van der Waals surface area contributed by atoms with Crippen molar-refractivity contribution >= 4 is 39.9 Å². The molecule has 208 valence electrons. The molecule has 0 unspecified atom stereocenters. The lowest BCUT2D eigenvalue weighted by molar-refractivity contribution is 0.103. The zero-order valence-corrected chi connectivity index (χ0v) is 24.7. The number of halogens is 2. The van der Waals surface area contributed by atoms with Crippen LogP contribution in [0.15, 0.2) is 72.8 Å². The first-order valence-corrected chi connectivity index (χ1v) is 14.8. The van der Waals surface area contributed by atoms with Gasteiger partial charge in [0.1, 0.15) is 11.6 Å². The maximum absolute atomic E-state index is 6.22. The van der Waals surface area contributed by atoms with E-state index in [0.717, 1.165) is 84.8 Å². The number of piperazine rings is 1. The van der Waals surface area contributed by atoms with E-state index >= 15 is 0 Å². The molecule has 6 nitrogen and oxygen atoms in total. The highest BCUT2D eigenvalue weighted by Gasteiger charge is 2.29. The summed E-state index contributed by atoms with van der Waals surface area (Å²) in [5.74, 6) is 1.98. The second-order valence-electron chi connectivity index (χ2n) is 11.2. The quantitative estimate of drug-likeness (QED) is 0.270. The van der Waals surface area contributed by atoms with Crippen molar-refractivity contribution in [1.29, 1.82) is 0 Å². The molecule has 2 saturated heterocycles. The Bertz CT molecular complexity index is 1390. The molecule has 3 aromatic carbocycles. The van der Waals surface area contributed by atoms with Crippen LogP contribution in [0.2, 0.25) is 10.0 Å². The van der Waals surface area contributed by atoms with Crippen molar-refractivity contribution in [1.82, 2.24) is 24.7 Å². The molecule has 1 atom stereocenters. The molecule has 2 aliphatic heterocycles. The van der Waals surface area contributed by atoms with E-state index in [2.05, 4.69) is 82.2 Å². The number of aromatic nitrogens is 2. The predicted molar refractivity (Wildman–Crippen MR) is 165 cm³/mol. The van der Waals surface area contributed by atoms with Gasteiger partial charge in [0.05, 0.1) is 18.1 Å². The highest BCUT2D eigenvalue weighted by atomic mass is 35.5. The predicted octanol–water partition coefficient (Wildman–Crippen LogP) is 5.98. The van der Waals surface area contributed by atoms with Crippen molar-refractivity contribution in [2.45, 2.75) is 25.0 Å². The van der Waals surface area contributed by atoms with Crippen LogP contribution < -0.4 is 4.90 Å². The lowest BCUT2D eigenvalue weighted by atomic mass is 9.96. The molecule has 2 fully saturated rings. The largest absolute Gasteiger partial charge is 0.354 e. The molecule has 0 N–H and O–H groups in total. The van der Waals surface area contributed by atoms with Crippen LogP contribution in [0, 0.1) is 0 Å². The molecule has 4 aromatic rings. The number of likely N-dealkylation sites (N-methyl/N-ethyl adjacent to an activating group) is 1. The molecule has 1 aromatic heterocycles. The number of nitrogens with zero attached hydrogens (tertiary/aromatic N) is 6. The third-order valence-corrected chi connectivity index (χ3v) is 8.84. The van der Waals surface area contributed by atoms with Gasteiger partial charge in [-0.2, -0.15) is 0 Å². The van der Waals surface area contributed by atoms with Crippen LogP contribution in [-0.4, -0.2) is 84.1 Å². The van der Waals surface area contributed by atoms with E-state index in [0.29, 0.717) is 6.04 Å². The SMILES string of the molecule is CN(C)[C@H]1CCN(c2nc(CN3CCN(C(c4ccc(Cl)cc4)c4ccc(Cl)cc4)CC3)nc3ccccc23)C1. The zero-order valence-electron chi connectivity index (χ0n) is 23.2. The number of hydrogen-bond acceptors (Lipinski definition) is 6. The van der Waals surface area contributed by atoms with Crippen LogP contribution in [0.4, 0.5) is 5.82 Å². The Hall–Kier alpha value is -2.74. The monoisotopic (exact) mass is 574 g/mol. The Morgan fingerprint density at radius 1 is 0.800 bits per heavy atom. The molecule has 0 radical (unpaired) electrons. The number of fused-ring (bicyclic) bond motifs is 1. The summed E-state index contributed by atoms with van der Waals surface area (Å²) in [5.41, 5.74) is 3.51. The molecule has 0 amide bonds. The van der Waals surface area contributed by atoms with E-state index in [9.17, 15) is 0 Å². The Kier molecular flexibility index (Phi) is 8.24. The normalized spacial score (nSPS) is 18.9. The van der Waals surface area contributed by atoms with E-state index in [1.54, 1.807) is 0 Å². The summed E-state index contributed by atoms with van der Waals surface area (Å²) in [6.07, 6.45) is 1.16. The molecule has 0 bridgehead atoms. The van der Waals surface area contributed by atoms with Crippen LogP contribution in [0.5, 0.6) is 0 Å². The maximum Gasteiger partial charge on any atom is 0.145 e. The number of rotatable bonds is 7. The first kappa shape index (κ1) is 27.4. The van der Waals surface area contributed by atoms with Crippen molar-refractivity contribution in [3.63, 3.8) is 0 Å². The highest BCUT2D eigenvalue weighted by Crippen LogP contribution is 2.32. The first-order valence-electron chi connectivity index (χ1n) is 14.1. The lowest BCUT2D eigenvalue weighted by Crippen LogP contribution is -2.47. The van der Waals surface area contributed by atoms with Gasteiger partial charge in [0.25, 0.3) is 0 Å². The third kappa shape index (κ3) is 5.97. The van der Waals surface area contributed by atoms with Crippen LogP contribution in [0.25, 0.3) is 10.9 Å². The summed E-state index contributed by atoms with van der Waals surface area (Å²) in [5, 5.41) is 2.65. The van der Waals surface area contributed by atoms with Gasteiger partial charge in [-0.15, -0.1) is 0 Å². The molecule has 40 heavy (non-hydrogen) atoms. The van der Waals surface area contributed by atoms with Crippen LogP contribution in [0.3, 0.4) is 0 Å². The Labute approximate surface area is 247 Å². The standard InChI is InChI=1S/C32H36Cl2N6/c1-37(2)27-15-16-40(21-27)32-28-5-3-4-6-29(28)35-30(36-32)22-38-17-19-39(20-18-38)31(23-7-11-25(33)12-8-23)24-9-13-26(34)14-10-24/h3-14,27,31H,15-22H2,1-2H3/t27-/m0/s1. The second-order valence-corrected chi connectivity index (χ2v) is 12.0. The average molecular weight is 576 g/mol. The minimum Gasteiger partial charge on any atom is -0.354 e. The fourth-order valence-corrected chi connectivity index (χ4v) is 6.31. The van der Waals surface area contributed by atoms with E-state index in [4.69, 9.17) is 33.2 Å². The number of hydrogen-bond donors (Lipinski definition) is 0. The van der Waals surface area contributed by atoms with Crippen molar-refractivity contribution in [3.8, 4) is 0 Å². The van der Waals surface area contributed by atoms with Crippen LogP contribution in [-0.2, 0) is 6.54 Å². The molecule has 3 heterocycles. The molecular formula is C32H36Cl2N6.